The lowest BCUT2D eigenvalue weighted by molar-refractivity contribution is 0.500. The number of nitrogens with one attached hydrogen (secondary N) is 1. The van der Waals surface area contributed by atoms with E-state index in [2.05, 4.69) is 42.6 Å². The fraction of sp³-hybridized carbons (Fsp3) is 0.538. The highest BCUT2D eigenvalue weighted by Gasteiger charge is 2.26. The summed E-state index contributed by atoms with van der Waals surface area (Å²) in [5.74, 6) is 0.964. The van der Waals surface area contributed by atoms with Gasteiger partial charge in [-0.15, -0.1) is 0 Å². The third kappa shape index (κ3) is 2.85. The molecule has 14 heavy (non-hydrogen) atoms. The predicted octanol–water partition coefficient (Wildman–Crippen LogP) is 2.62. The third-order valence-electron chi connectivity index (χ3n) is 3.05. The molecule has 1 heteroatoms. The molecule has 0 heterocycles. The minimum Gasteiger partial charge on any atom is -0.314 e. The Kier molecular flexibility index (Phi) is 3.20. The topological polar surface area (TPSA) is 12.0 Å². The Bertz CT molecular complexity index is 264. The molecule has 1 atom stereocenters. The van der Waals surface area contributed by atoms with E-state index in [9.17, 15) is 0 Å². The van der Waals surface area contributed by atoms with Gasteiger partial charge in [0.15, 0.2) is 0 Å². The molecule has 0 bridgehead atoms. The van der Waals surface area contributed by atoms with Crippen LogP contribution >= 0.6 is 0 Å². The molecule has 0 amide bonds. The third-order valence-corrected chi connectivity index (χ3v) is 3.05. The normalized spacial score (nSPS) is 18.1. The first-order valence-corrected chi connectivity index (χ1v) is 5.63. The summed E-state index contributed by atoms with van der Waals surface area (Å²) in [4.78, 5) is 0. The molecule has 1 N–H and O–H groups in total. The molecule has 1 aliphatic rings. The van der Waals surface area contributed by atoms with Crippen LogP contribution in [-0.2, 0) is 6.42 Å². The van der Waals surface area contributed by atoms with Gasteiger partial charge in [-0.2, -0.15) is 0 Å². The van der Waals surface area contributed by atoms with E-state index in [1.54, 1.807) is 0 Å². The highest BCUT2D eigenvalue weighted by Crippen LogP contribution is 2.32. The molecular formula is C13H19N. The summed E-state index contributed by atoms with van der Waals surface area (Å²) in [6, 6.07) is 11.4. The van der Waals surface area contributed by atoms with E-state index >= 15 is 0 Å². The average Bonchev–Trinajstić information content (AvgIpc) is 3.02. The van der Waals surface area contributed by atoms with E-state index < -0.39 is 0 Å². The summed E-state index contributed by atoms with van der Waals surface area (Å²) >= 11 is 0. The van der Waals surface area contributed by atoms with Crippen molar-refractivity contribution in [2.45, 2.75) is 32.2 Å². The van der Waals surface area contributed by atoms with Gasteiger partial charge in [0.05, 0.1) is 0 Å². The van der Waals surface area contributed by atoms with Crippen LogP contribution in [0, 0.1) is 5.92 Å². The van der Waals surface area contributed by atoms with Crippen LogP contribution < -0.4 is 5.32 Å². The molecule has 0 aromatic heterocycles. The Morgan fingerprint density at radius 1 is 1.29 bits per heavy atom. The van der Waals surface area contributed by atoms with Crippen LogP contribution in [0.2, 0.25) is 0 Å². The van der Waals surface area contributed by atoms with Crippen molar-refractivity contribution in [3.8, 4) is 0 Å². The fourth-order valence-electron chi connectivity index (χ4n) is 1.85. The monoisotopic (exact) mass is 189 g/mol. The van der Waals surface area contributed by atoms with Crippen LogP contribution in [0.15, 0.2) is 30.3 Å². The van der Waals surface area contributed by atoms with Gasteiger partial charge >= 0.3 is 0 Å². The van der Waals surface area contributed by atoms with Crippen molar-refractivity contribution in [3.63, 3.8) is 0 Å². The van der Waals surface area contributed by atoms with E-state index in [4.69, 9.17) is 0 Å². The minimum atomic E-state index is 0.721. The molecule has 1 fully saturated rings. The van der Waals surface area contributed by atoms with Crippen molar-refractivity contribution in [3.05, 3.63) is 35.9 Å². The van der Waals surface area contributed by atoms with Gasteiger partial charge in [-0.3, -0.25) is 0 Å². The van der Waals surface area contributed by atoms with Gasteiger partial charge in [0.25, 0.3) is 0 Å². The molecule has 0 aliphatic heterocycles. The van der Waals surface area contributed by atoms with Gasteiger partial charge in [-0.1, -0.05) is 30.3 Å². The summed E-state index contributed by atoms with van der Waals surface area (Å²) in [6.07, 6.45) is 4.01. The maximum absolute atomic E-state index is 3.59. The Hall–Kier alpha value is -0.820. The van der Waals surface area contributed by atoms with Gasteiger partial charge < -0.3 is 5.32 Å². The zero-order valence-corrected chi connectivity index (χ0v) is 8.87. The van der Waals surface area contributed by atoms with Gasteiger partial charge in [-0.25, -0.2) is 0 Å². The number of rotatable bonds is 5. The van der Waals surface area contributed by atoms with Crippen LogP contribution in [0.5, 0.6) is 0 Å². The van der Waals surface area contributed by atoms with Gasteiger partial charge in [0.1, 0.15) is 0 Å². The molecule has 1 aromatic rings. The largest absolute Gasteiger partial charge is 0.314 e. The van der Waals surface area contributed by atoms with Gasteiger partial charge in [0.2, 0.25) is 0 Å². The molecule has 0 radical (unpaired) electrons. The summed E-state index contributed by atoms with van der Waals surface area (Å²) < 4.78 is 0. The summed E-state index contributed by atoms with van der Waals surface area (Å²) in [6.45, 7) is 3.42. The lowest BCUT2D eigenvalue weighted by Crippen LogP contribution is -2.29. The molecule has 0 saturated heterocycles. The van der Waals surface area contributed by atoms with Crippen LogP contribution in [0.1, 0.15) is 25.3 Å². The highest BCUT2D eigenvalue weighted by molar-refractivity contribution is 5.14. The number of hydrogen-bond acceptors (Lipinski definition) is 1. The molecular weight excluding hydrogens is 170 g/mol. The molecule has 1 saturated carbocycles. The summed E-state index contributed by atoms with van der Waals surface area (Å²) in [5, 5.41) is 3.59. The van der Waals surface area contributed by atoms with E-state index in [1.165, 1.54) is 18.4 Å². The lowest BCUT2D eigenvalue weighted by atomic mass is 10.1. The van der Waals surface area contributed by atoms with E-state index in [-0.39, 0.29) is 0 Å². The van der Waals surface area contributed by atoms with E-state index in [0.717, 1.165) is 24.9 Å². The van der Waals surface area contributed by atoms with Crippen LogP contribution in [0.25, 0.3) is 0 Å². The van der Waals surface area contributed by atoms with E-state index in [1.807, 2.05) is 0 Å². The molecule has 1 aliphatic carbocycles. The fourth-order valence-corrected chi connectivity index (χ4v) is 1.85. The predicted molar refractivity (Wildman–Crippen MR) is 60.3 cm³/mol. The highest BCUT2D eigenvalue weighted by atomic mass is 14.9. The van der Waals surface area contributed by atoms with Crippen molar-refractivity contribution < 1.29 is 0 Å². The van der Waals surface area contributed by atoms with Crippen molar-refractivity contribution in [2.75, 3.05) is 6.54 Å². The number of benzene rings is 1. The van der Waals surface area contributed by atoms with Crippen LogP contribution in [0.3, 0.4) is 0 Å². The smallest absolute Gasteiger partial charge is 0.00671 e. The first-order chi connectivity index (χ1) is 6.86. The summed E-state index contributed by atoms with van der Waals surface area (Å²) in [5.41, 5.74) is 1.43. The van der Waals surface area contributed by atoms with E-state index in [0.29, 0.717) is 0 Å². The molecule has 1 aromatic carbocycles. The molecule has 1 unspecified atom stereocenters. The zero-order valence-electron chi connectivity index (χ0n) is 8.87. The lowest BCUT2D eigenvalue weighted by Gasteiger charge is -2.12. The van der Waals surface area contributed by atoms with Crippen molar-refractivity contribution >= 4 is 0 Å². The SMILES string of the molecule is CC(NCCc1ccccc1)C1CC1. The average molecular weight is 189 g/mol. The first-order valence-electron chi connectivity index (χ1n) is 5.63. The Morgan fingerprint density at radius 3 is 2.64 bits per heavy atom. The van der Waals surface area contributed by atoms with Crippen LogP contribution in [0.4, 0.5) is 0 Å². The standard InChI is InChI=1S/C13H19N/c1-11(13-7-8-13)14-10-9-12-5-3-2-4-6-12/h2-6,11,13-14H,7-10H2,1H3. The Balaban J connectivity index is 1.67. The van der Waals surface area contributed by atoms with Gasteiger partial charge in [0, 0.05) is 6.04 Å². The number of hydrogen-bond donors (Lipinski definition) is 1. The quantitative estimate of drug-likeness (QED) is 0.750. The second-order valence-corrected chi connectivity index (χ2v) is 4.32. The molecule has 2 rings (SSSR count). The summed E-state index contributed by atoms with van der Waals surface area (Å²) in [7, 11) is 0. The maximum atomic E-state index is 3.59. The van der Waals surface area contributed by atoms with Gasteiger partial charge in [-0.05, 0) is 44.2 Å². The zero-order chi connectivity index (χ0) is 9.80. The molecule has 76 valence electrons. The second-order valence-electron chi connectivity index (χ2n) is 4.32. The molecule has 0 spiro atoms. The molecule has 1 nitrogen and oxygen atoms in total. The van der Waals surface area contributed by atoms with Crippen molar-refractivity contribution in [2.24, 2.45) is 5.92 Å². The van der Waals surface area contributed by atoms with Crippen molar-refractivity contribution in [1.29, 1.82) is 0 Å². The van der Waals surface area contributed by atoms with Crippen molar-refractivity contribution in [1.82, 2.24) is 5.32 Å². The van der Waals surface area contributed by atoms with Crippen LogP contribution in [-0.4, -0.2) is 12.6 Å². The maximum Gasteiger partial charge on any atom is 0.00671 e. The first kappa shape index (κ1) is 9.72. The second kappa shape index (κ2) is 4.61. The Labute approximate surface area is 86.5 Å². The Morgan fingerprint density at radius 2 is 2.00 bits per heavy atom. The minimum absolute atomic E-state index is 0.721.